The van der Waals surface area contributed by atoms with Gasteiger partial charge in [-0.3, -0.25) is 0 Å². The van der Waals surface area contributed by atoms with E-state index in [0.717, 1.165) is 12.5 Å². The number of anilines is 1. The summed E-state index contributed by atoms with van der Waals surface area (Å²) < 4.78 is 26.1. The van der Waals surface area contributed by atoms with Crippen LogP contribution < -0.4 is 5.32 Å². The van der Waals surface area contributed by atoms with Crippen LogP contribution in [0.25, 0.3) is 0 Å². The van der Waals surface area contributed by atoms with Crippen molar-refractivity contribution in [3.63, 3.8) is 0 Å². The summed E-state index contributed by atoms with van der Waals surface area (Å²) >= 11 is 0. The van der Waals surface area contributed by atoms with Gasteiger partial charge in [-0.25, -0.2) is 8.78 Å². The number of benzene rings is 1. The van der Waals surface area contributed by atoms with Crippen molar-refractivity contribution in [3.8, 4) is 0 Å². The van der Waals surface area contributed by atoms with Crippen molar-refractivity contribution in [2.24, 2.45) is 5.92 Å². The number of nitrogens with one attached hydrogen (secondary N) is 1. The normalized spacial score (nSPS) is 12.9. The maximum Gasteiger partial charge on any atom is 0.181 e. The Hall–Kier alpha value is -1.12. The largest absolute Gasteiger partial charge is 0.380 e. The molecule has 0 saturated heterocycles. The topological polar surface area (TPSA) is 12.0 Å². The molecule has 0 spiro atoms. The number of halogens is 2. The molecule has 0 radical (unpaired) electrons. The smallest absolute Gasteiger partial charge is 0.181 e. The summed E-state index contributed by atoms with van der Waals surface area (Å²) in [5.41, 5.74) is 0.239. The molecule has 0 fully saturated rings. The van der Waals surface area contributed by atoms with E-state index in [1.165, 1.54) is 6.07 Å². The van der Waals surface area contributed by atoms with E-state index >= 15 is 0 Å². The molecule has 1 atom stereocenters. The predicted molar refractivity (Wildman–Crippen MR) is 58.9 cm³/mol. The lowest BCUT2D eigenvalue weighted by Gasteiger charge is -2.17. The van der Waals surface area contributed by atoms with Crippen molar-refractivity contribution in [2.75, 3.05) is 5.32 Å². The third-order valence-corrected chi connectivity index (χ3v) is 2.18. The van der Waals surface area contributed by atoms with Crippen LogP contribution in [0, 0.1) is 17.6 Å². The molecule has 3 heteroatoms. The Kier molecular flexibility index (Phi) is 4.06. The van der Waals surface area contributed by atoms with E-state index < -0.39 is 11.6 Å². The Morgan fingerprint density at radius 3 is 2.47 bits per heavy atom. The van der Waals surface area contributed by atoms with Crippen molar-refractivity contribution in [1.29, 1.82) is 0 Å². The Labute approximate surface area is 89.5 Å². The van der Waals surface area contributed by atoms with Crippen LogP contribution >= 0.6 is 0 Å². The van der Waals surface area contributed by atoms with Crippen LogP contribution in [-0.4, -0.2) is 6.04 Å². The van der Waals surface area contributed by atoms with Crippen LogP contribution in [0.4, 0.5) is 14.5 Å². The van der Waals surface area contributed by atoms with Gasteiger partial charge in [-0.15, -0.1) is 0 Å². The van der Waals surface area contributed by atoms with Gasteiger partial charge in [-0.2, -0.15) is 0 Å². The van der Waals surface area contributed by atoms with Crippen LogP contribution in [0.15, 0.2) is 18.2 Å². The summed E-state index contributed by atoms with van der Waals surface area (Å²) in [6, 6.07) is 4.31. The number of rotatable bonds is 4. The molecule has 1 aromatic carbocycles. The molecule has 0 aliphatic rings. The minimum atomic E-state index is -0.809. The van der Waals surface area contributed by atoms with Gasteiger partial charge in [0.15, 0.2) is 11.6 Å². The van der Waals surface area contributed by atoms with Gasteiger partial charge in [0.2, 0.25) is 0 Å². The van der Waals surface area contributed by atoms with Crippen LogP contribution in [0.5, 0.6) is 0 Å². The van der Waals surface area contributed by atoms with Crippen molar-refractivity contribution in [3.05, 3.63) is 29.8 Å². The van der Waals surface area contributed by atoms with Gasteiger partial charge in [-0.05, 0) is 31.4 Å². The summed E-state index contributed by atoms with van der Waals surface area (Å²) in [6.45, 7) is 6.16. The molecule has 0 aliphatic carbocycles. The fourth-order valence-corrected chi connectivity index (χ4v) is 1.65. The quantitative estimate of drug-likeness (QED) is 0.801. The van der Waals surface area contributed by atoms with Gasteiger partial charge < -0.3 is 5.32 Å². The molecule has 1 N–H and O–H groups in total. The fourth-order valence-electron chi connectivity index (χ4n) is 1.65. The molecule has 0 heterocycles. The summed E-state index contributed by atoms with van der Waals surface area (Å²) in [5, 5.41) is 2.97. The van der Waals surface area contributed by atoms with Gasteiger partial charge in [-0.1, -0.05) is 19.9 Å². The van der Waals surface area contributed by atoms with E-state index in [9.17, 15) is 8.78 Å². The monoisotopic (exact) mass is 213 g/mol. The SMILES string of the molecule is CC(C)CC(C)Nc1cccc(F)c1F. The van der Waals surface area contributed by atoms with Crippen LogP contribution in [-0.2, 0) is 0 Å². The Bertz CT molecular complexity index is 323. The van der Waals surface area contributed by atoms with E-state index in [1.54, 1.807) is 6.07 Å². The molecule has 1 nitrogen and oxygen atoms in total. The first-order chi connectivity index (χ1) is 7.00. The molecule has 0 amide bonds. The van der Waals surface area contributed by atoms with Crippen molar-refractivity contribution < 1.29 is 8.78 Å². The van der Waals surface area contributed by atoms with E-state index in [2.05, 4.69) is 19.2 Å². The van der Waals surface area contributed by atoms with Gasteiger partial charge in [0.25, 0.3) is 0 Å². The molecule has 1 rings (SSSR count). The molecular formula is C12H17F2N. The zero-order chi connectivity index (χ0) is 11.4. The average Bonchev–Trinajstić information content (AvgIpc) is 2.11. The lowest BCUT2D eigenvalue weighted by molar-refractivity contribution is 0.503. The highest BCUT2D eigenvalue weighted by Gasteiger charge is 2.10. The molecule has 15 heavy (non-hydrogen) atoms. The Morgan fingerprint density at radius 2 is 1.87 bits per heavy atom. The van der Waals surface area contributed by atoms with Gasteiger partial charge in [0, 0.05) is 6.04 Å². The Morgan fingerprint density at radius 1 is 1.20 bits per heavy atom. The first kappa shape index (κ1) is 12.0. The maximum absolute atomic E-state index is 13.3. The minimum absolute atomic E-state index is 0.140. The summed E-state index contributed by atoms with van der Waals surface area (Å²) in [7, 11) is 0. The number of hydrogen-bond acceptors (Lipinski definition) is 1. The molecule has 1 aromatic rings. The van der Waals surface area contributed by atoms with Crippen molar-refractivity contribution in [2.45, 2.75) is 33.2 Å². The summed E-state index contributed by atoms with van der Waals surface area (Å²) in [4.78, 5) is 0. The Balaban J connectivity index is 2.68. The summed E-state index contributed by atoms with van der Waals surface area (Å²) in [6.07, 6.45) is 0.927. The molecule has 0 bridgehead atoms. The average molecular weight is 213 g/mol. The molecule has 1 unspecified atom stereocenters. The zero-order valence-corrected chi connectivity index (χ0v) is 9.35. The summed E-state index contributed by atoms with van der Waals surface area (Å²) in [5.74, 6) is -1.08. The molecule has 0 aromatic heterocycles. The van der Waals surface area contributed by atoms with E-state index in [4.69, 9.17) is 0 Å². The second-order valence-corrected chi connectivity index (χ2v) is 4.28. The lowest BCUT2D eigenvalue weighted by Crippen LogP contribution is -2.18. The fraction of sp³-hybridized carbons (Fsp3) is 0.500. The molecular weight excluding hydrogens is 196 g/mol. The van der Waals surface area contributed by atoms with Crippen LogP contribution in [0.1, 0.15) is 27.2 Å². The second kappa shape index (κ2) is 5.10. The predicted octanol–water partition coefficient (Wildman–Crippen LogP) is 3.81. The van der Waals surface area contributed by atoms with Crippen molar-refractivity contribution >= 4 is 5.69 Å². The van der Waals surface area contributed by atoms with Crippen LogP contribution in [0.3, 0.4) is 0 Å². The van der Waals surface area contributed by atoms with E-state index in [1.807, 2.05) is 6.92 Å². The first-order valence-corrected chi connectivity index (χ1v) is 5.21. The lowest BCUT2D eigenvalue weighted by atomic mass is 10.1. The third-order valence-electron chi connectivity index (χ3n) is 2.18. The highest BCUT2D eigenvalue weighted by molar-refractivity contribution is 5.45. The van der Waals surface area contributed by atoms with E-state index in [0.29, 0.717) is 5.92 Å². The van der Waals surface area contributed by atoms with Gasteiger partial charge >= 0.3 is 0 Å². The first-order valence-electron chi connectivity index (χ1n) is 5.21. The third kappa shape index (κ3) is 3.50. The van der Waals surface area contributed by atoms with Crippen LogP contribution in [0.2, 0.25) is 0 Å². The standard InChI is InChI=1S/C12H17F2N/c1-8(2)7-9(3)15-11-6-4-5-10(13)12(11)14/h4-6,8-9,15H,7H2,1-3H3. The highest BCUT2D eigenvalue weighted by atomic mass is 19.2. The number of hydrogen-bond donors (Lipinski definition) is 1. The van der Waals surface area contributed by atoms with Gasteiger partial charge in [0.1, 0.15) is 0 Å². The maximum atomic E-state index is 13.3. The van der Waals surface area contributed by atoms with Gasteiger partial charge in [0.05, 0.1) is 5.69 Å². The minimum Gasteiger partial charge on any atom is -0.380 e. The molecule has 84 valence electrons. The van der Waals surface area contributed by atoms with Crippen molar-refractivity contribution in [1.82, 2.24) is 0 Å². The molecule has 0 aliphatic heterocycles. The molecule has 0 saturated carbocycles. The van der Waals surface area contributed by atoms with E-state index in [-0.39, 0.29) is 11.7 Å². The second-order valence-electron chi connectivity index (χ2n) is 4.28. The highest BCUT2D eigenvalue weighted by Crippen LogP contribution is 2.19. The zero-order valence-electron chi connectivity index (χ0n) is 9.35.